The van der Waals surface area contributed by atoms with Gasteiger partial charge in [-0.1, -0.05) is 6.07 Å². The number of aryl methyl sites for hydroxylation is 1. The fourth-order valence-corrected chi connectivity index (χ4v) is 1.68. The molecule has 0 unspecified atom stereocenters. The summed E-state index contributed by atoms with van der Waals surface area (Å²) in [5, 5.41) is 11.6. The van der Waals surface area contributed by atoms with Crippen molar-refractivity contribution in [1.82, 2.24) is 20.2 Å². The summed E-state index contributed by atoms with van der Waals surface area (Å²) < 4.78 is 10.9. The topological polar surface area (TPSA) is 88.1 Å². The molecule has 0 aliphatic carbocycles. The molecular weight excluding hydrogens is 246 g/mol. The van der Waals surface area contributed by atoms with Crippen LogP contribution in [-0.2, 0) is 20.1 Å². The van der Waals surface area contributed by atoms with Crippen LogP contribution in [0.25, 0.3) is 0 Å². The van der Waals surface area contributed by atoms with Crippen molar-refractivity contribution >= 4 is 0 Å². The van der Waals surface area contributed by atoms with E-state index < -0.39 is 0 Å². The fraction of sp³-hybridized carbons (Fsp3) is 0.417. The maximum atomic E-state index is 5.63. The lowest BCUT2D eigenvalue weighted by Gasteiger charge is -2.10. The Bertz CT molecular complexity index is 541. The van der Waals surface area contributed by atoms with Crippen LogP contribution < -0.4 is 15.2 Å². The van der Waals surface area contributed by atoms with Crippen LogP contribution in [0.1, 0.15) is 11.4 Å². The number of methoxy groups -OCH3 is 1. The van der Waals surface area contributed by atoms with E-state index in [1.165, 1.54) is 4.80 Å². The maximum absolute atomic E-state index is 5.63. The van der Waals surface area contributed by atoms with Crippen molar-refractivity contribution in [2.24, 2.45) is 12.8 Å². The van der Waals surface area contributed by atoms with Crippen LogP contribution in [0, 0.1) is 0 Å². The van der Waals surface area contributed by atoms with Gasteiger partial charge in [-0.05, 0) is 35.9 Å². The third-order valence-corrected chi connectivity index (χ3v) is 2.57. The Morgan fingerprint density at radius 3 is 2.79 bits per heavy atom. The number of nitrogens with zero attached hydrogens (tertiary/aromatic N) is 4. The van der Waals surface area contributed by atoms with Crippen molar-refractivity contribution in [2.45, 2.75) is 13.0 Å². The summed E-state index contributed by atoms with van der Waals surface area (Å²) in [5.74, 6) is 1.85. The molecule has 0 fully saturated rings. The van der Waals surface area contributed by atoms with Gasteiger partial charge in [-0.15, -0.1) is 10.2 Å². The lowest BCUT2D eigenvalue weighted by Crippen LogP contribution is -2.04. The van der Waals surface area contributed by atoms with E-state index in [-0.39, 0.29) is 6.61 Å². The van der Waals surface area contributed by atoms with Crippen LogP contribution in [-0.4, -0.2) is 33.9 Å². The molecule has 0 radical (unpaired) electrons. The number of ether oxygens (including phenoxy) is 2. The van der Waals surface area contributed by atoms with Gasteiger partial charge in [0.25, 0.3) is 0 Å². The molecule has 2 aromatic rings. The van der Waals surface area contributed by atoms with E-state index in [9.17, 15) is 0 Å². The molecular formula is C12H17N5O2. The first-order chi connectivity index (χ1) is 9.22. The number of aromatic nitrogens is 4. The van der Waals surface area contributed by atoms with Gasteiger partial charge in [0, 0.05) is 0 Å². The Morgan fingerprint density at radius 2 is 2.16 bits per heavy atom. The van der Waals surface area contributed by atoms with Crippen molar-refractivity contribution in [3.63, 3.8) is 0 Å². The lowest BCUT2D eigenvalue weighted by atomic mass is 10.1. The SMILES string of the molecule is COc1cc(CCN)ccc1OCc1nnn(C)n1. The molecule has 0 atom stereocenters. The second kappa shape index (κ2) is 6.14. The van der Waals surface area contributed by atoms with Crippen LogP contribution in [0.3, 0.4) is 0 Å². The Kier molecular flexibility index (Phi) is 4.30. The number of nitrogens with two attached hydrogens (primary N) is 1. The normalized spacial score (nSPS) is 10.5. The summed E-state index contributed by atoms with van der Waals surface area (Å²) in [5.41, 5.74) is 6.64. The van der Waals surface area contributed by atoms with Gasteiger partial charge in [-0.3, -0.25) is 0 Å². The van der Waals surface area contributed by atoms with E-state index >= 15 is 0 Å². The molecule has 7 heteroatoms. The molecule has 1 aromatic heterocycles. The molecule has 0 aliphatic heterocycles. The minimum Gasteiger partial charge on any atom is -0.493 e. The Labute approximate surface area is 111 Å². The molecule has 19 heavy (non-hydrogen) atoms. The van der Waals surface area contributed by atoms with E-state index in [1.54, 1.807) is 14.2 Å². The minimum absolute atomic E-state index is 0.250. The zero-order chi connectivity index (χ0) is 13.7. The summed E-state index contributed by atoms with van der Waals surface area (Å²) >= 11 is 0. The molecule has 0 bridgehead atoms. The average Bonchev–Trinajstić information content (AvgIpc) is 2.83. The summed E-state index contributed by atoms with van der Waals surface area (Å²) in [7, 11) is 3.31. The van der Waals surface area contributed by atoms with Crippen LogP contribution >= 0.6 is 0 Å². The van der Waals surface area contributed by atoms with Gasteiger partial charge in [0.2, 0.25) is 5.82 Å². The van der Waals surface area contributed by atoms with E-state index in [4.69, 9.17) is 15.2 Å². The predicted molar refractivity (Wildman–Crippen MR) is 68.9 cm³/mol. The van der Waals surface area contributed by atoms with E-state index in [0.29, 0.717) is 23.9 Å². The smallest absolute Gasteiger partial charge is 0.212 e. The Balaban J connectivity index is 2.06. The second-order valence-electron chi connectivity index (χ2n) is 4.01. The largest absolute Gasteiger partial charge is 0.493 e. The van der Waals surface area contributed by atoms with Crippen LogP contribution in [0.5, 0.6) is 11.5 Å². The molecule has 0 saturated heterocycles. The van der Waals surface area contributed by atoms with E-state index in [2.05, 4.69) is 15.4 Å². The second-order valence-corrected chi connectivity index (χ2v) is 4.01. The number of tetrazole rings is 1. The third kappa shape index (κ3) is 3.41. The van der Waals surface area contributed by atoms with Gasteiger partial charge in [0.05, 0.1) is 14.2 Å². The van der Waals surface area contributed by atoms with Crippen molar-refractivity contribution in [2.75, 3.05) is 13.7 Å². The van der Waals surface area contributed by atoms with Gasteiger partial charge in [0.1, 0.15) is 0 Å². The monoisotopic (exact) mass is 263 g/mol. The molecule has 2 N–H and O–H groups in total. The van der Waals surface area contributed by atoms with Crippen molar-refractivity contribution in [3.8, 4) is 11.5 Å². The van der Waals surface area contributed by atoms with Crippen molar-refractivity contribution in [3.05, 3.63) is 29.6 Å². The summed E-state index contributed by atoms with van der Waals surface area (Å²) in [6.07, 6.45) is 0.808. The number of benzene rings is 1. The highest BCUT2D eigenvalue weighted by Gasteiger charge is 2.08. The molecule has 7 nitrogen and oxygen atoms in total. The van der Waals surface area contributed by atoms with Crippen LogP contribution in [0.15, 0.2) is 18.2 Å². The zero-order valence-corrected chi connectivity index (χ0v) is 11.0. The highest BCUT2D eigenvalue weighted by molar-refractivity contribution is 5.43. The zero-order valence-electron chi connectivity index (χ0n) is 11.0. The quantitative estimate of drug-likeness (QED) is 0.806. The Hall–Kier alpha value is -2.15. The lowest BCUT2D eigenvalue weighted by molar-refractivity contribution is 0.276. The maximum Gasteiger partial charge on any atom is 0.212 e. The van der Waals surface area contributed by atoms with Crippen molar-refractivity contribution < 1.29 is 9.47 Å². The molecule has 1 aromatic carbocycles. The number of hydrogen-bond donors (Lipinski definition) is 1. The summed E-state index contributed by atoms with van der Waals surface area (Å²) in [6, 6.07) is 5.75. The molecule has 0 amide bonds. The average molecular weight is 263 g/mol. The van der Waals surface area contributed by atoms with Gasteiger partial charge in [-0.25, -0.2) is 0 Å². The fourth-order valence-electron chi connectivity index (χ4n) is 1.68. The highest BCUT2D eigenvalue weighted by atomic mass is 16.5. The molecule has 0 saturated carbocycles. The molecule has 0 spiro atoms. The number of rotatable bonds is 6. The molecule has 2 rings (SSSR count). The van der Waals surface area contributed by atoms with Crippen molar-refractivity contribution in [1.29, 1.82) is 0 Å². The minimum atomic E-state index is 0.250. The standard InChI is InChI=1S/C12H17N5O2/c1-17-15-12(14-16-17)8-19-10-4-3-9(5-6-13)7-11(10)18-2/h3-4,7H,5-6,8,13H2,1-2H3. The van der Waals surface area contributed by atoms with Gasteiger partial charge in [-0.2, -0.15) is 4.80 Å². The van der Waals surface area contributed by atoms with Crippen LogP contribution in [0.2, 0.25) is 0 Å². The number of hydrogen-bond acceptors (Lipinski definition) is 6. The Morgan fingerprint density at radius 1 is 1.32 bits per heavy atom. The van der Waals surface area contributed by atoms with E-state index in [1.807, 2.05) is 18.2 Å². The summed E-state index contributed by atoms with van der Waals surface area (Å²) in [4.78, 5) is 1.39. The van der Waals surface area contributed by atoms with Gasteiger partial charge >= 0.3 is 0 Å². The molecule has 1 heterocycles. The first-order valence-corrected chi connectivity index (χ1v) is 5.95. The summed E-state index contributed by atoms with van der Waals surface area (Å²) in [6.45, 7) is 0.854. The van der Waals surface area contributed by atoms with Gasteiger partial charge in [0.15, 0.2) is 18.1 Å². The van der Waals surface area contributed by atoms with Gasteiger partial charge < -0.3 is 15.2 Å². The molecule has 102 valence electrons. The first-order valence-electron chi connectivity index (χ1n) is 5.95. The predicted octanol–water partition coefficient (Wildman–Crippen LogP) is 0.299. The molecule has 0 aliphatic rings. The highest BCUT2D eigenvalue weighted by Crippen LogP contribution is 2.28. The van der Waals surface area contributed by atoms with E-state index in [0.717, 1.165) is 12.0 Å². The third-order valence-electron chi connectivity index (χ3n) is 2.57. The first kappa shape index (κ1) is 13.3. The van der Waals surface area contributed by atoms with Crippen LogP contribution in [0.4, 0.5) is 0 Å².